The van der Waals surface area contributed by atoms with E-state index >= 15 is 0 Å². The van der Waals surface area contributed by atoms with E-state index in [4.69, 9.17) is 11.6 Å². The average molecular weight is 405 g/mol. The number of fused-ring (bicyclic) bond motifs is 2. The minimum Gasteiger partial charge on any atom is -0.307 e. The fourth-order valence-corrected chi connectivity index (χ4v) is 5.45. The van der Waals surface area contributed by atoms with Crippen molar-refractivity contribution in [3.8, 4) is 0 Å². The number of urea groups is 1. The van der Waals surface area contributed by atoms with Crippen molar-refractivity contribution in [1.82, 2.24) is 4.72 Å². The number of halogens is 1. The third-order valence-corrected chi connectivity index (χ3v) is 6.82. The van der Waals surface area contributed by atoms with Crippen molar-refractivity contribution >= 4 is 33.3 Å². The third-order valence-electron chi connectivity index (χ3n) is 5.26. The molecule has 2 N–H and O–H groups in total. The molecule has 0 aromatic heterocycles. The van der Waals surface area contributed by atoms with Crippen LogP contribution in [0.15, 0.2) is 30.3 Å². The van der Waals surface area contributed by atoms with Crippen molar-refractivity contribution in [1.29, 1.82) is 0 Å². The number of nitrogens with one attached hydrogen (secondary N) is 2. The Morgan fingerprint density at radius 2 is 1.63 bits per heavy atom. The fourth-order valence-electron chi connectivity index (χ4n) is 4.10. The van der Waals surface area contributed by atoms with Crippen LogP contribution in [0.1, 0.15) is 40.7 Å². The molecule has 142 valence electrons. The molecular weight excluding hydrogens is 384 g/mol. The number of carbonyl (C=O) groups is 1. The van der Waals surface area contributed by atoms with Crippen LogP contribution in [0.4, 0.5) is 10.5 Å². The summed E-state index contributed by atoms with van der Waals surface area (Å²) in [4.78, 5) is 12.5. The molecule has 0 spiro atoms. The number of benzene rings is 2. The van der Waals surface area contributed by atoms with Gasteiger partial charge in [-0.2, -0.15) is 0 Å². The highest BCUT2D eigenvalue weighted by atomic mass is 35.5. The van der Waals surface area contributed by atoms with Gasteiger partial charge in [0, 0.05) is 10.7 Å². The standard InChI is InChI=1S/C20H21ClN2O3S/c21-18-10-2-1-5-15(18)12-27(25,26)23-20(24)22-19-16-8-3-6-13(16)11-14-7-4-9-17(14)19/h1-2,5,10-11H,3-4,6-9,12H2,(H2,22,23,24). The van der Waals surface area contributed by atoms with Crippen molar-refractivity contribution in [3.05, 3.63) is 63.2 Å². The molecule has 0 fully saturated rings. The first kappa shape index (κ1) is 18.3. The van der Waals surface area contributed by atoms with Gasteiger partial charge in [0.2, 0.25) is 10.0 Å². The van der Waals surface area contributed by atoms with E-state index in [1.54, 1.807) is 24.3 Å². The number of anilines is 1. The predicted octanol–water partition coefficient (Wildman–Crippen LogP) is 3.97. The number of hydrogen-bond donors (Lipinski definition) is 2. The van der Waals surface area contributed by atoms with Gasteiger partial charge in [0.25, 0.3) is 0 Å². The molecule has 2 amide bonds. The van der Waals surface area contributed by atoms with Gasteiger partial charge in [-0.1, -0.05) is 35.9 Å². The summed E-state index contributed by atoms with van der Waals surface area (Å²) in [5.74, 6) is -0.342. The second kappa shape index (κ2) is 7.17. The molecule has 0 bridgehead atoms. The second-order valence-electron chi connectivity index (χ2n) is 7.14. The Bertz CT molecular complexity index is 986. The van der Waals surface area contributed by atoms with E-state index in [0.29, 0.717) is 10.6 Å². The van der Waals surface area contributed by atoms with Crippen LogP contribution in [-0.2, 0) is 41.5 Å². The smallest absolute Gasteiger partial charge is 0.307 e. The van der Waals surface area contributed by atoms with Crippen LogP contribution in [0.3, 0.4) is 0 Å². The first-order chi connectivity index (χ1) is 12.9. The maximum Gasteiger partial charge on any atom is 0.332 e. The number of aryl methyl sites for hydroxylation is 2. The zero-order chi connectivity index (χ0) is 19.0. The molecule has 4 rings (SSSR count). The molecule has 0 unspecified atom stereocenters. The first-order valence-electron chi connectivity index (χ1n) is 9.14. The van der Waals surface area contributed by atoms with Crippen molar-refractivity contribution in [2.75, 3.05) is 5.32 Å². The molecule has 0 radical (unpaired) electrons. The van der Waals surface area contributed by atoms with E-state index in [0.717, 1.165) is 55.3 Å². The summed E-state index contributed by atoms with van der Waals surface area (Å²) in [7, 11) is -3.85. The van der Waals surface area contributed by atoms with Gasteiger partial charge in [0.05, 0.1) is 5.75 Å². The number of rotatable bonds is 4. The Morgan fingerprint density at radius 3 is 2.26 bits per heavy atom. The molecule has 7 heteroatoms. The SMILES string of the molecule is O=C(Nc1c2c(cc3c1CCC3)CCC2)NS(=O)(=O)Cc1ccccc1Cl. The number of sulfonamides is 1. The number of hydrogen-bond acceptors (Lipinski definition) is 3. The molecular formula is C20H21ClN2O3S. The Kier molecular flexibility index (Phi) is 4.86. The van der Waals surface area contributed by atoms with Crippen LogP contribution in [0.25, 0.3) is 0 Å². The van der Waals surface area contributed by atoms with Crippen molar-refractivity contribution in [2.45, 2.75) is 44.3 Å². The maximum absolute atomic E-state index is 12.5. The zero-order valence-corrected chi connectivity index (χ0v) is 16.4. The lowest BCUT2D eigenvalue weighted by Gasteiger charge is -2.16. The lowest BCUT2D eigenvalue weighted by Crippen LogP contribution is -2.35. The van der Waals surface area contributed by atoms with Crippen LogP contribution in [0, 0.1) is 0 Å². The highest BCUT2D eigenvalue weighted by Gasteiger charge is 2.26. The van der Waals surface area contributed by atoms with E-state index in [9.17, 15) is 13.2 Å². The average Bonchev–Trinajstić information content (AvgIpc) is 3.25. The van der Waals surface area contributed by atoms with E-state index < -0.39 is 16.1 Å². The molecule has 2 aromatic rings. The largest absolute Gasteiger partial charge is 0.332 e. The fraction of sp³-hybridized carbons (Fsp3) is 0.350. The molecule has 27 heavy (non-hydrogen) atoms. The van der Waals surface area contributed by atoms with Crippen molar-refractivity contribution in [2.24, 2.45) is 0 Å². The van der Waals surface area contributed by atoms with Crippen LogP contribution in [-0.4, -0.2) is 14.4 Å². The van der Waals surface area contributed by atoms with Gasteiger partial charge in [-0.25, -0.2) is 17.9 Å². The van der Waals surface area contributed by atoms with E-state index in [2.05, 4.69) is 16.1 Å². The molecule has 5 nitrogen and oxygen atoms in total. The van der Waals surface area contributed by atoms with Gasteiger partial charge >= 0.3 is 6.03 Å². The van der Waals surface area contributed by atoms with Crippen LogP contribution in [0.2, 0.25) is 5.02 Å². The molecule has 0 atom stereocenters. The van der Waals surface area contributed by atoms with Crippen LogP contribution >= 0.6 is 11.6 Å². The highest BCUT2D eigenvalue weighted by Crippen LogP contribution is 2.38. The monoisotopic (exact) mass is 404 g/mol. The number of carbonyl (C=O) groups excluding carboxylic acids is 1. The summed E-state index contributed by atoms with van der Waals surface area (Å²) in [5, 5.41) is 3.20. The summed E-state index contributed by atoms with van der Waals surface area (Å²) in [6.07, 6.45) is 6.02. The van der Waals surface area contributed by atoms with Gasteiger partial charge in [-0.05, 0) is 72.4 Å². The summed E-state index contributed by atoms with van der Waals surface area (Å²) in [5.41, 5.74) is 6.17. The lowest BCUT2D eigenvalue weighted by atomic mass is 9.99. The molecule has 0 heterocycles. The Morgan fingerprint density at radius 1 is 1.00 bits per heavy atom. The van der Waals surface area contributed by atoms with Gasteiger partial charge in [-0.3, -0.25) is 0 Å². The third kappa shape index (κ3) is 3.82. The summed E-state index contributed by atoms with van der Waals surface area (Å²) < 4.78 is 26.9. The molecule has 0 saturated carbocycles. The minimum atomic E-state index is -3.85. The van der Waals surface area contributed by atoms with Gasteiger partial charge < -0.3 is 5.32 Å². The zero-order valence-electron chi connectivity index (χ0n) is 14.8. The van der Waals surface area contributed by atoms with E-state index in [-0.39, 0.29) is 5.75 Å². The predicted molar refractivity (Wildman–Crippen MR) is 107 cm³/mol. The van der Waals surface area contributed by atoms with Gasteiger partial charge in [-0.15, -0.1) is 0 Å². The highest BCUT2D eigenvalue weighted by molar-refractivity contribution is 7.89. The van der Waals surface area contributed by atoms with Gasteiger partial charge in [0.15, 0.2) is 0 Å². The summed E-state index contributed by atoms with van der Waals surface area (Å²) >= 11 is 6.03. The molecule has 2 aliphatic rings. The molecule has 2 aromatic carbocycles. The molecule has 0 aliphatic heterocycles. The Labute approximate surface area is 164 Å². The molecule has 2 aliphatic carbocycles. The van der Waals surface area contributed by atoms with E-state index in [1.807, 2.05) is 0 Å². The quantitative estimate of drug-likeness (QED) is 0.809. The summed E-state index contributed by atoms with van der Waals surface area (Å²) in [6, 6.07) is 8.26. The van der Waals surface area contributed by atoms with Crippen LogP contribution < -0.4 is 10.0 Å². The Balaban J connectivity index is 1.53. The van der Waals surface area contributed by atoms with Crippen molar-refractivity contribution < 1.29 is 13.2 Å². The van der Waals surface area contributed by atoms with E-state index in [1.165, 1.54) is 11.1 Å². The lowest BCUT2D eigenvalue weighted by molar-refractivity contribution is 0.256. The second-order valence-corrected chi connectivity index (χ2v) is 9.27. The molecule has 0 saturated heterocycles. The first-order valence-corrected chi connectivity index (χ1v) is 11.2. The van der Waals surface area contributed by atoms with Crippen molar-refractivity contribution in [3.63, 3.8) is 0 Å². The number of amides is 2. The topological polar surface area (TPSA) is 75.3 Å². The summed E-state index contributed by atoms with van der Waals surface area (Å²) in [6.45, 7) is 0. The van der Waals surface area contributed by atoms with Crippen LogP contribution in [0.5, 0.6) is 0 Å². The van der Waals surface area contributed by atoms with Gasteiger partial charge in [0.1, 0.15) is 0 Å². The Hall–Kier alpha value is -2.05. The maximum atomic E-state index is 12.5. The minimum absolute atomic E-state index is 0.342. The normalized spacial score (nSPS) is 15.3.